The normalized spacial score (nSPS) is 11.3. The maximum atomic E-state index is 12.1. The average molecular weight is 393 g/mol. The third-order valence-corrected chi connectivity index (χ3v) is 4.82. The van der Waals surface area contributed by atoms with Crippen molar-refractivity contribution in [2.45, 2.75) is 24.8 Å². The van der Waals surface area contributed by atoms with Gasteiger partial charge in [-0.1, -0.05) is 0 Å². The summed E-state index contributed by atoms with van der Waals surface area (Å²) in [5, 5.41) is 2.31. The molecule has 2 N–H and O–H groups in total. The van der Waals surface area contributed by atoms with E-state index in [0.717, 1.165) is 0 Å². The smallest absolute Gasteiger partial charge is 0.339 e. The lowest BCUT2D eigenvalue weighted by molar-refractivity contribution is -0.123. The zero-order valence-electron chi connectivity index (χ0n) is 12.3. The largest absolute Gasteiger partial charge is 0.452 e. The predicted molar refractivity (Wildman–Crippen MR) is 83.9 cm³/mol. The minimum atomic E-state index is -3.73. The summed E-state index contributed by atoms with van der Waals surface area (Å²) in [6.07, 6.45) is 0. The lowest BCUT2D eigenvalue weighted by Crippen LogP contribution is -2.30. The second-order valence-corrected chi connectivity index (χ2v) is 7.24. The predicted octanol–water partition coefficient (Wildman–Crippen LogP) is 1.04. The Balaban J connectivity index is 3.04. The number of nitrogens with one attached hydrogen (secondary N) is 2. The van der Waals surface area contributed by atoms with E-state index in [1.165, 1.54) is 25.2 Å². The van der Waals surface area contributed by atoms with Crippen LogP contribution in [0.3, 0.4) is 0 Å². The molecular weight excluding hydrogens is 376 g/mol. The Bertz CT molecular complexity index is 673. The molecule has 0 saturated carbocycles. The van der Waals surface area contributed by atoms with Crippen molar-refractivity contribution >= 4 is 37.8 Å². The summed E-state index contributed by atoms with van der Waals surface area (Å²) in [5.41, 5.74) is 0.0236. The van der Waals surface area contributed by atoms with Crippen molar-refractivity contribution in [3.8, 4) is 0 Å². The Morgan fingerprint density at radius 1 is 1.32 bits per heavy atom. The topological polar surface area (TPSA) is 102 Å². The molecule has 0 spiro atoms. The van der Waals surface area contributed by atoms with E-state index in [9.17, 15) is 18.0 Å². The van der Waals surface area contributed by atoms with Gasteiger partial charge in [0.1, 0.15) is 0 Å². The third kappa shape index (κ3) is 5.08. The van der Waals surface area contributed by atoms with Crippen molar-refractivity contribution in [1.29, 1.82) is 0 Å². The highest BCUT2D eigenvalue weighted by Gasteiger charge is 2.20. The number of amides is 1. The summed E-state index contributed by atoms with van der Waals surface area (Å²) in [7, 11) is -2.31. The van der Waals surface area contributed by atoms with Gasteiger partial charge >= 0.3 is 5.97 Å². The average Bonchev–Trinajstić information content (AvgIpc) is 2.43. The van der Waals surface area contributed by atoms with Crippen LogP contribution < -0.4 is 10.0 Å². The standard InChI is InChI=1S/C13H17BrN2O5S/c1-8(2)16-22(19,20)9-4-5-11(14)10(6-9)13(18)21-7-12(17)15-3/h4-6,8,16H,7H2,1-3H3,(H,15,17). The Morgan fingerprint density at radius 2 is 1.95 bits per heavy atom. The molecule has 0 aliphatic rings. The molecule has 0 bridgehead atoms. The van der Waals surface area contributed by atoms with Crippen LogP contribution in [0.5, 0.6) is 0 Å². The zero-order chi connectivity index (χ0) is 16.9. The maximum absolute atomic E-state index is 12.1. The quantitative estimate of drug-likeness (QED) is 0.704. The first-order chi connectivity index (χ1) is 10.2. The van der Waals surface area contributed by atoms with Crippen molar-refractivity contribution in [2.24, 2.45) is 0 Å². The molecule has 0 aromatic heterocycles. The van der Waals surface area contributed by atoms with Gasteiger partial charge in [0.15, 0.2) is 6.61 Å². The number of benzene rings is 1. The molecule has 0 fully saturated rings. The van der Waals surface area contributed by atoms with Crippen LogP contribution in [0, 0.1) is 0 Å². The molecule has 9 heteroatoms. The van der Waals surface area contributed by atoms with Gasteiger partial charge in [0.2, 0.25) is 10.0 Å². The number of halogens is 1. The SMILES string of the molecule is CNC(=O)COC(=O)c1cc(S(=O)(=O)NC(C)C)ccc1Br. The fourth-order valence-electron chi connectivity index (χ4n) is 1.49. The lowest BCUT2D eigenvalue weighted by atomic mass is 10.2. The van der Waals surface area contributed by atoms with E-state index >= 15 is 0 Å². The molecule has 1 aromatic rings. The number of hydrogen-bond acceptors (Lipinski definition) is 5. The lowest BCUT2D eigenvalue weighted by Gasteiger charge is -2.11. The summed E-state index contributed by atoms with van der Waals surface area (Å²) < 4.78 is 31.8. The Labute approximate surface area is 137 Å². The van der Waals surface area contributed by atoms with Crippen molar-refractivity contribution in [1.82, 2.24) is 10.0 Å². The Morgan fingerprint density at radius 3 is 2.50 bits per heavy atom. The molecular formula is C13H17BrN2O5S. The van der Waals surface area contributed by atoms with E-state index in [1.807, 2.05) is 0 Å². The van der Waals surface area contributed by atoms with Gasteiger partial charge in [0.25, 0.3) is 5.91 Å². The van der Waals surface area contributed by atoms with Gasteiger partial charge in [-0.2, -0.15) is 0 Å². The van der Waals surface area contributed by atoms with Crippen molar-refractivity contribution in [3.05, 3.63) is 28.2 Å². The molecule has 0 radical (unpaired) electrons. The van der Waals surface area contributed by atoms with Gasteiger partial charge in [-0.05, 0) is 48.0 Å². The Hall–Kier alpha value is -1.45. The van der Waals surface area contributed by atoms with E-state index in [-0.39, 0.29) is 16.5 Å². The van der Waals surface area contributed by atoms with Crippen LogP contribution in [0.1, 0.15) is 24.2 Å². The molecule has 0 saturated heterocycles. The summed E-state index contributed by atoms with van der Waals surface area (Å²) in [6, 6.07) is 3.72. The molecule has 7 nitrogen and oxygen atoms in total. The molecule has 1 aromatic carbocycles. The highest BCUT2D eigenvalue weighted by atomic mass is 79.9. The van der Waals surface area contributed by atoms with Crippen LogP contribution in [0.15, 0.2) is 27.6 Å². The second-order valence-electron chi connectivity index (χ2n) is 4.67. The molecule has 1 amide bonds. The highest BCUT2D eigenvalue weighted by molar-refractivity contribution is 9.10. The number of esters is 1. The summed E-state index contributed by atoms with van der Waals surface area (Å²) in [4.78, 5) is 23.0. The number of sulfonamides is 1. The van der Waals surface area contributed by atoms with Crippen LogP contribution in [0.2, 0.25) is 0 Å². The minimum Gasteiger partial charge on any atom is -0.452 e. The van der Waals surface area contributed by atoms with Crippen molar-refractivity contribution < 1.29 is 22.7 Å². The molecule has 0 aliphatic heterocycles. The van der Waals surface area contributed by atoms with Crippen molar-refractivity contribution in [2.75, 3.05) is 13.7 Å². The maximum Gasteiger partial charge on any atom is 0.339 e. The van der Waals surface area contributed by atoms with Crippen LogP contribution >= 0.6 is 15.9 Å². The molecule has 22 heavy (non-hydrogen) atoms. The first-order valence-electron chi connectivity index (χ1n) is 6.37. The van der Waals surface area contributed by atoms with E-state index in [4.69, 9.17) is 4.74 Å². The molecule has 0 aliphatic carbocycles. The second kappa shape index (κ2) is 7.70. The van der Waals surface area contributed by atoms with Crippen LogP contribution in [0.25, 0.3) is 0 Å². The first-order valence-corrected chi connectivity index (χ1v) is 8.64. The number of hydrogen-bond donors (Lipinski definition) is 2. The first kappa shape index (κ1) is 18.6. The molecule has 122 valence electrons. The van der Waals surface area contributed by atoms with Gasteiger partial charge in [-0.25, -0.2) is 17.9 Å². The number of carbonyl (C=O) groups is 2. The van der Waals surface area contributed by atoms with Crippen LogP contribution in [-0.2, 0) is 19.6 Å². The van der Waals surface area contributed by atoms with E-state index in [2.05, 4.69) is 26.0 Å². The van der Waals surface area contributed by atoms with Crippen LogP contribution in [-0.4, -0.2) is 40.0 Å². The van der Waals surface area contributed by atoms with Crippen LogP contribution in [0.4, 0.5) is 0 Å². The van der Waals surface area contributed by atoms with Gasteiger partial charge < -0.3 is 10.1 Å². The van der Waals surface area contributed by atoms with Crippen molar-refractivity contribution in [3.63, 3.8) is 0 Å². The monoisotopic (exact) mass is 392 g/mol. The van der Waals surface area contributed by atoms with E-state index in [1.54, 1.807) is 13.8 Å². The number of ether oxygens (including phenoxy) is 1. The number of likely N-dealkylation sites (N-methyl/N-ethyl adjacent to an activating group) is 1. The van der Waals surface area contributed by atoms with E-state index < -0.39 is 28.5 Å². The fraction of sp³-hybridized carbons (Fsp3) is 0.385. The minimum absolute atomic E-state index is 0.0236. The zero-order valence-corrected chi connectivity index (χ0v) is 14.7. The molecule has 0 heterocycles. The van der Waals surface area contributed by atoms with Gasteiger partial charge in [-0.3, -0.25) is 4.79 Å². The summed E-state index contributed by atoms with van der Waals surface area (Å²) in [5.74, 6) is -1.26. The number of rotatable bonds is 6. The number of carbonyl (C=O) groups excluding carboxylic acids is 2. The Kier molecular flexibility index (Phi) is 6.51. The van der Waals surface area contributed by atoms with Gasteiger partial charge in [0.05, 0.1) is 10.5 Å². The highest BCUT2D eigenvalue weighted by Crippen LogP contribution is 2.22. The fourth-order valence-corrected chi connectivity index (χ4v) is 3.17. The molecule has 0 unspecified atom stereocenters. The summed E-state index contributed by atoms with van der Waals surface area (Å²) >= 11 is 3.16. The van der Waals surface area contributed by atoms with E-state index in [0.29, 0.717) is 4.47 Å². The third-order valence-electron chi connectivity index (χ3n) is 2.47. The van der Waals surface area contributed by atoms with Gasteiger partial charge in [0, 0.05) is 17.6 Å². The molecule has 1 rings (SSSR count). The molecule has 0 atom stereocenters. The summed E-state index contributed by atoms with van der Waals surface area (Å²) in [6.45, 7) is 2.94. The van der Waals surface area contributed by atoms with Gasteiger partial charge in [-0.15, -0.1) is 0 Å².